The standard InChI is InChI=1S/C22H20F9N/c1-13(2)3-10-19(32-12-14-4-6-15(7-5-14)20(23,24)25)17-11-16(21(26,27)28)8-9-18(17)22(29,30)31/h4-9,11-13,19H,3,10H2,1-2H3/b32-12+. The molecule has 10 heteroatoms. The Morgan fingerprint density at radius 2 is 1.25 bits per heavy atom. The Balaban J connectivity index is 2.51. The van der Waals surface area contributed by atoms with Crippen LogP contribution in [0, 0.1) is 5.92 Å². The lowest BCUT2D eigenvalue weighted by Gasteiger charge is -2.21. The number of rotatable bonds is 6. The van der Waals surface area contributed by atoms with Gasteiger partial charge in [-0.25, -0.2) is 0 Å². The summed E-state index contributed by atoms with van der Waals surface area (Å²) in [6.07, 6.45) is -12.8. The highest BCUT2D eigenvalue weighted by molar-refractivity contribution is 5.79. The topological polar surface area (TPSA) is 12.4 Å². The number of hydrogen-bond donors (Lipinski definition) is 0. The van der Waals surface area contributed by atoms with Crippen LogP contribution in [0.5, 0.6) is 0 Å². The van der Waals surface area contributed by atoms with E-state index in [1.807, 2.05) is 0 Å². The molecule has 0 aromatic heterocycles. The fourth-order valence-electron chi connectivity index (χ4n) is 3.01. The van der Waals surface area contributed by atoms with Crippen molar-refractivity contribution in [1.29, 1.82) is 0 Å². The Kier molecular flexibility index (Phi) is 7.67. The highest BCUT2D eigenvalue weighted by atomic mass is 19.4. The van der Waals surface area contributed by atoms with Gasteiger partial charge < -0.3 is 0 Å². The largest absolute Gasteiger partial charge is 0.416 e. The molecule has 32 heavy (non-hydrogen) atoms. The van der Waals surface area contributed by atoms with Gasteiger partial charge in [-0.1, -0.05) is 26.0 Å². The second-order valence-electron chi connectivity index (χ2n) is 7.68. The second-order valence-corrected chi connectivity index (χ2v) is 7.68. The van der Waals surface area contributed by atoms with E-state index in [1.165, 1.54) is 0 Å². The molecule has 0 saturated heterocycles. The van der Waals surface area contributed by atoms with Gasteiger partial charge in [0.05, 0.1) is 22.7 Å². The van der Waals surface area contributed by atoms with Crippen molar-refractivity contribution >= 4 is 6.21 Å². The van der Waals surface area contributed by atoms with Crippen molar-refractivity contribution in [3.8, 4) is 0 Å². The zero-order valence-electron chi connectivity index (χ0n) is 17.0. The monoisotopic (exact) mass is 469 g/mol. The molecule has 176 valence electrons. The molecule has 2 rings (SSSR count). The first-order chi connectivity index (χ1) is 14.6. The van der Waals surface area contributed by atoms with Crippen molar-refractivity contribution in [3.05, 3.63) is 70.3 Å². The van der Waals surface area contributed by atoms with Crippen LogP contribution in [0.1, 0.15) is 60.5 Å². The number of nitrogens with zero attached hydrogens (tertiary/aromatic N) is 1. The molecule has 1 atom stereocenters. The van der Waals surface area contributed by atoms with Crippen molar-refractivity contribution in [1.82, 2.24) is 0 Å². The third-order valence-electron chi connectivity index (χ3n) is 4.70. The maximum absolute atomic E-state index is 13.5. The van der Waals surface area contributed by atoms with Crippen LogP contribution in [0.3, 0.4) is 0 Å². The van der Waals surface area contributed by atoms with E-state index in [0.717, 1.165) is 30.5 Å². The molecule has 0 radical (unpaired) electrons. The quantitative estimate of drug-likeness (QED) is 0.298. The highest BCUT2D eigenvalue weighted by Gasteiger charge is 2.38. The molecule has 0 fully saturated rings. The number of benzene rings is 2. The summed E-state index contributed by atoms with van der Waals surface area (Å²) in [6, 6.07) is 3.67. The third kappa shape index (κ3) is 7.00. The number of aliphatic imine (C=N–C) groups is 1. The van der Waals surface area contributed by atoms with Gasteiger partial charge >= 0.3 is 18.5 Å². The molecule has 0 saturated carbocycles. The highest BCUT2D eigenvalue weighted by Crippen LogP contribution is 2.41. The molecule has 0 heterocycles. The molecule has 2 aromatic rings. The van der Waals surface area contributed by atoms with E-state index in [0.29, 0.717) is 24.6 Å². The van der Waals surface area contributed by atoms with Gasteiger partial charge in [0.25, 0.3) is 0 Å². The van der Waals surface area contributed by atoms with E-state index in [9.17, 15) is 39.5 Å². The summed E-state index contributed by atoms with van der Waals surface area (Å²) in [7, 11) is 0. The molecule has 0 bridgehead atoms. The minimum absolute atomic E-state index is 0.0270. The van der Waals surface area contributed by atoms with Gasteiger partial charge in [-0.15, -0.1) is 0 Å². The minimum atomic E-state index is -4.90. The van der Waals surface area contributed by atoms with Crippen LogP contribution in [0.15, 0.2) is 47.5 Å². The molecule has 0 amide bonds. The van der Waals surface area contributed by atoms with Crippen LogP contribution < -0.4 is 0 Å². The average Bonchev–Trinajstić information content (AvgIpc) is 2.65. The maximum atomic E-state index is 13.5. The molecule has 0 N–H and O–H groups in total. The van der Waals surface area contributed by atoms with Crippen LogP contribution in [0.2, 0.25) is 0 Å². The fraction of sp³-hybridized carbons (Fsp3) is 0.409. The van der Waals surface area contributed by atoms with E-state index in [1.54, 1.807) is 13.8 Å². The predicted octanol–water partition coefficient (Wildman–Crippen LogP) is 8.34. The van der Waals surface area contributed by atoms with Crippen LogP contribution in [0.4, 0.5) is 39.5 Å². The van der Waals surface area contributed by atoms with Crippen molar-refractivity contribution in [2.24, 2.45) is 10.9 Å². The maximum Gasteiger partial charge on any atom is 0.416 e. The summed E-state index contributed by atoms with van der Waals surface area (Å²) in [6.45, 7) is 3.60. The van der Waals surface area contributed by atoms with E-state index in [-0.39, 0.29) is 17.9 Å². The van der Waals surface area contributed by atoms with Crippen molar-refractivity contribution in [2.45, 2.75) is 51.3 Å². The Labute approximate surface area is 179 Å². The number of alkyl halides is 9. The minimum Gasteiger partial charge on any atom is -0.284 e. The smallest absolute Gasteiger partial charge is 0.284 e. The van der Waals surface area contributed by atoms with Gasteiger partial charge in [-0.3, -0.25) is 4.99 Å². The van der Waals surface area contributed by atoms with Crippen LogP contribution in [0.25, 0.3) is 0 Å². The van der Waals surface area contributed by atoms with Crippen LogP contribution >= 0.6 is 0 Å². The molecular weight excluding hydrogens is 449 g/mol. The Morgan fingerprint density at radius 3 is 1.72 bits per heavy atom. The van der Waals surface area contributed by atoms with Gasteiger partial charge in [-0.2, -0.15) is 39.5 Å². The molecular formula is C22H20F9N. The number of hydrogen-bond acceptors (Lipinski definition) is 1. The third-order valence-corrected chi connectivity index (χ3v) is 4.70. The number of halogens is 9. The lowest BCUT2D eigenvalue weighted by Crippen LogP contribution is -2.15. The van der Waals surface area contributed by atoms with E-state index < -0.39 is 46.8 Å². The van der Waals surface area contributed by atoms with Gasteiger partial charge in [0.15, 0.2) is 0 Å². The Hall–Kier alpha value is -2.52. The molecule has 1 unspecified atom stereocenters. The summed E-state index contributed by atoms with van der Waals surface area (Å²) in [5.41, 5.74) is -3.84. The molecule has 0 aliphatic carbocycles. The first-order valence-electron chi connectivity index (χ1n) is 9.58. The Morgan fingerprint density at radius 1 is 0.719 bits per heavy atom. The molecule has 1 nitrogen and oxygen atoms in total. The van der Waals surface area contributed by atoms with E-state index in [4.69, 9.17) is 0 Å². The lowest BCUT2D eigenvalue weighted by atomic mass is 9.92. The summed E-state index contributed by atoms with van der Waals surface area (Å²) in [5, 5.41) is 0. The van der Waals surface area contributed by atoms with Crippen molar-refractivity contribution in [2.75, 3.05) is 0 Å². The van der Waals surface area contributed by atoms with E-state index >= 15 is 0 Å². The summed E-state index contributed by atoms with van der Waals surface area (Å²) < 4.78 is 118. The van der Waals surface area contributed by atoms with E-state index in [2.05, 4.69) is 4.99 Å². The normalized spacial score (nSPS) is 14.4. The first kappa shape index (κ1) is 25.7. The molecule has 0 aliphatic rings. The Bertz CT molecular complexity index is 920. The second kappa shape index (κ2) is 9.54. The van der Waals surface area contributed by atoms with Gasteiger partial charge in [0, 0.05) is 6.21 Å². The summed E-state index contributed by atoms with van der Waals surface area (Å²) >= 11 is 0. The van der Waals surface area contributed by atoms with Gasteiger partial charge in [0.2, 0.25) is 0 Å². The summed E-state index contributed by atoms with van der Waals surface area (Å²) in [4.78, 5) is 4.05. The zero-order chi connectivity index (χ0) is 24.3. The molecule has 0 spiro atoms. The lowest BCUT2D eigenvalue weighted by molar-refractivity contribution is -0.142. The molecule has 0 aliphatic heterocycles. The predicted molar refractivity (Wildman–Crippen MR) is 102 cm³/mol. The van der Waals surface area contributed by atoms with Gasteiger partial charge in [0.1, 0.15) is 0 Å². The average molecular weight is 469 g/mol. The van der Waals surface area contributed by atoms with Crippen LogP contribution in [-0.4, -0.2) is 6.21 Å². The fourth-order valence-corrected chi connectivity index (χ4v) is 3.01. The van der Waals surface area contributed by atoms with Crippen LogP contribution in [-0.2, 0) is 18.5 Å². The summed E-state index contributed by atoms with van der Waals surface area (Å²) in [5.74, 6) is 0.0407. The molecule has 2 aromatic carbocycles. The zero-order valence-corrected chi connectivity index (χ0v) is 17.0. The van der Waals surface area contributed by atoms with Crippen molar-refractivity contribution in [3.63, 3.8) is 0 Å². The van der Waals surface area contributed by atoms with Crippen molar-refractivity contribution < 1.29 is 39.5 Å². The van der Waals surface area contributed by atoms with Gasteiger partial charge in [-0.05, 0) is 60.2 Å². The SMILES string of the molecule is CC(C)CCC(/N=C/c1ccc(C(F)(F)F)cc1)c1cc(C(F)(F)F)ccc1C(F)(F)F. The first-order valence-corrected chi connectivity index (χ1v) is 9.58.